The number of hydrogen-bond donors (Lipinski definition) is 0. The van der Waals surface area contributed by atoms with E-state index in [-0.39, 0.29) is 42.1 Å². The van der Waals surface area contributed by atoms with Gasteiger partial charge in [0.15, 0.2) is 15.6 Å². The van der Waals surface area contributed by atoms with Gasteiger partial charge in [-0.05, 0) is 25.5 Å². The number of carbonyl (C=O) groups is 2. The smallest absolute Gasteiger partial charge is 0.223 e. The van der Waals surface area contributed by atoms with Crippen molar-refractivity contribution in [3.05, 3.63) is 34.9 Å². The zero-order valence-electron chi connectivity index (χ0n) is 13.0. The van der Waals surface area contributed by atoms with Gasteiger partial charge in [-0.25, -0.2) is 8.42 Å². The lowest BCUT2D eigenvalue weighted by atomic mass is 10.1. The van der Waals surface area contributed by atoms with Gasteiger partial charge in [-0.3, -0.25) is 9.59 Å². The van der Waals surface area contributed by atoms with Crippen molar-refractivity contribution in [3.63, 3.8) is 0 Å². The average Bonchev–Trinajstić information content (AvgIpc) is 2.86. The van der Waals surface area contributed by atoms with Crippen LogP contribution in [0.1, 0.15) is 36.5 Å². The van der Waals surface area contributed by atoms with Crippen molar-refractivity contribution in [1.82, 2.24) is 4.90 Å². The van der Waals surface area contributed by atoms with Gasteiger partial charge in [0, 0.05) is 31.0 Å². The number of Topliss-reactive ketones (excluding diaryl/α,β-unsaturated/α-hetero) is 1. The molecule has 0 saturated carbocycles. The Balaban J connectivity index is 1.95. The Morgan fingerprint density at radius 2 is 1.96 bits per heavy atom. The zero-order chi connectivity index (χ0) is 17.0. The third-order valence-corrected chi connectivity index (χ3v) is 6.13. The number of carbonyl (C=O) groups excluding carboxylic acids is 2. The molecule has 0 radical (unpaired) electrons. The maximum absolute atomic E-state index is 12.3. The molecule has 0 spiro atoms. The summed E-state index contributed by atoms with van der Waals surface area (Å²) in [6.07, 6.45) is 0.605. The SMILES string of the molecule is CCN(C(=O)CCC(=O)c1ccccc1Cl)C1CCS(=O)(=O)C1. The topological polar surface area (TPSA) is 71.5 Å². The van der Waals surface area contributed by atoms with E-state index in [2.05, 4.69) is 0 Å². The van der Waals surface area contributed by atoms with Crippen molar-refractivity contribution in [2.75, 3.05) is 18.1 Å². The summed E-state index contributed by atoms with van der Waals surface area (Å²) in [4.78, 5) is 26.1. The molecular formula is C16H20ClNO4S. The predicted molar refractivity (Wildman–Crippen MR) is 89.5 cm³/mol. The molecule has 1 atom stereocenters. The van der Waals surface area contributed by atoms with Gasteiger partial charge in [0.2, 0.25) is 5.91 Å². The minimum Gasteiger partial charge on any atom is -0.339 e. The Kier molecular flexibility index (Phi) is 5.81. The number of hydrogen-bond acceptors (Lipinski definition) is 4. The van der Waals surface area contributed by atoms with E-state index < -0.39 is 9.84 Å². The van der Waals surface area contributed by atoms with E-state index in [4.69, 9.17) is 11.6 Å². The first-order valence-electron chi connectivity index (χ1n) is 7.61. The molecule has 1 heterocycles. The van der Waals surface area contributed by atoms with Gasteiger partial charge in [-0.1, -0.05) is 23.7 Å². The minimum absolute atomic E-state index is 0.0189. The second kappa shape index (κ2) is 7.45. The lowest BCUT2D eigenvalue weighted by Gasteiger charge is -2.26. The van der Waals surface area contributed by atoms with Crippen molar-refractivity contribution in [1.29, 1.82) is 0 Å². The first-order chi connectivity index (χ1) is 10.8. The maximum Gasteiger partial charge on any atom is 0.223 e. The van der Waals surface area contributed by atoms with Crippen molar-refractivity contribution < 1.29 is 18.0 Å². The summed E-state index contributed by atoms with van der Waals surface area (Å²) in [7, 11) is -3.04. The molecule has 0 aliphatic carbocycles. The first kappa shape index (κ1) is 17.9. The number of amides is 1. The molecule has 126 valence electrons. The molecule has 1 aliphatic rings. The molecule has 5 nitrogen and oxygen atoms in total. The number of rotatable bonds is 6. The lowest BCUT2D eigenvalue weighted by Crippen LogP contribution is -2.41. The molecule has 1 aromatic carbocycles. The summed E-state index contributed by atoms with van der Waals surface area (Å²) in [5, 5.41) is 0.374. The van der Waals surface area contributed by atoms with Crippen LogP contribution in [0.2, 0.25) is 5.02 Å². The predicted octanol–water partition coefficient (Wildman–Crippen LogP) is 2.34. The molecule has 0 aromatic heterocycles. The van der Waals surface area contributed by atoms with Gasteiger partial charge in [0.1, 0.15) is 0 Å². The van der Waals surface area contributed by atoms with E-state index in [9.17, 15) is 18.0 Å². The molecule has 1 aromatic rings. The van der Waals surface area contributed by atoms with Crippen LogP contribution in [-0.2, 0) is 14.6 Å². The summed E-state index contributed by atoms with van der Waals surface area (Å²) in [5.74, 6) is -0.223. The molecule has 1 saturated heterocycles. The largest absolute Gasteiger partial charge is 0.339 e. The fraction of sp³-hybridized carbons (Fsp3) is 0.500. The second-order valence-electron chi connectivity index (χ2n) is 5.64. The first-order valence-corrected chi connectivity index (χ1v) is 9.81. The van der Waals surface area contributed by atoms with Crippen LogP contribution in [0, 0.1) is 0 Å². The molecule has 1 amide bonds. The van der Waals surface area contributed by atoms with E-state index >= 15 is 0 Å². The minimum atomic E-state index is -3.04. The van der Waals surface area contributed by atoms with Crippen LogP contribution in [-0.4, -0.2) is 49.1 Å². The van der Waals surface area contributed by atoms with Gasteiger partial charge < -0.3 is 4.90 Å². The van der Waals surface area contributed by atoms with Crippen molar-refractivity contribution in [2.24, 2.45) is 0 Å². The van der Waals surface area contributed by atoms with Crippen LogP contribution in [0.4, 0.5) is 0 Å². The van der Waals surface area contributed by atoms with Crippen LogP contribution in [0.5, 0.6) is 0 Å². The Morgan fingerprint density at radius 3 is 2.52 bits per heavy atom. The van der Waals surface area contributed by atoms with E-state index in [0.717, 1.165) is 0 Å². The highest BCUT2D eigenvalue weighted by Gasteiger charge is 2.33. The Bertz CT molecular complexity index is 702. The molecule has 1 unspecified atom stereocenters. The van der Waals surface area contributed by atoms with Gasteiger partial charge >= 0.3 is 0 Å². The zero-order valence-corrected chi connectivity index (χ0v) is 14.6. The Morgan fingerprint density at radius 1 is 1.26 bits per heavy atom. The van der Waals surface area contributed by atoms with Crippen molar-refractivity contribution >= 4 is 33.1 Å². The molecule has 0 bridgehead atoms. The van der Waals surface area contributed by atoms with Crippen LogP contribution in [0.3, 0.4) is 0 Å². The van der Waals surface area contributed by atoms with E-state index in [1.54, 1.807) is 29.2 Å². The average molecular weight is 358 g/mol. The van der Waals surface area contributed by atoms with Crippen LogP contribution < -0.4 is 0 Å². The normalized spacial score (nSPS) is 19.5. The summed E-state index contributed by atoms with van der Waals surface area (Å²) >= 11 is 5.98. The van der Waals surface area contributed by atoms with E-state index in [1.807, 2.05) is 6.92 Å². The molecule has 2 rings (SSSR count). The van der Waals surface area contributed by atoms with Gasteiger partial charge in [-0.15, -0.1) is 0 Å². The van der Waals surface area contributed by atoms with Gasteiger partial charge in [0.25, 0.3) is 0 Å². The fourth-order valence-electron chi connectivity index (χ4n) is 2.85. The highest BCUT2D eigenvalue weighted by Crippen LogP contribution is 2.20. The van der Waals surface area contributed by atoms with Gasteiger partial charge in [0.05, 0.1) is 16.5 Å². The summed E-state index contributed by atoms with van der Waals surface area (Å²) < 4.78 is 23.1. The quantitative estimate of drug-likeness (QED) is 0.732. The molecule has 0 N–H and O–H groups in total. The fourth-order valence-corrected chi connectivity index (χ4v) is 4.82. The highest BCUT2D eigenvalue weighted by atomic mass is 35.5. The van der Waals surface area contributed by atoms with Crippen molar-refractivity contribution in [3.8, 4) is 0 Å². The monoisotopic (exact) mass is 357 g/mol. The van der Waals surface area contributed by atoms with Crippen LogP contribution in [0.25, 0.3) is 0 Å². The van der Waals surface area contributed by atoms with Crippen LogP contribution >= 0.6 is 11.6 Å². The third kappa shape index (κ3) is 4.54. The maximum atomic E-state index is 12.3. The number of halogens is 1. The summed E-state index contributed by atoms with van der Waals surface area (Å²) in [5.41, 5.74) is 0.411. The van der Waals surface area contributed by atoms with E-state index in [0.29, 0.717) is 23.6 Å². The molecule has 23 heavy (non-hydrogen) atoms. The molecule has 7 heteroatoms. The number of ketones is 1. The third-order valence-electron chi connectivity index (χ3n) is 4.05. The molecular weight excluding hydrogens is 338 g/mol. The summed E-state index contributed by atoms with van der Waals surface area (Å²) in [6.45, 7) is 2.26. The van der Waals surface area contributed by atoms with E-state index in [1.165, 1.54) is 0 Å². The number of benzene rings is 1. The number of sulfone groups is 1. The summed E-state index contributed by atoms with van der Waals surface area (Å²) in [6, 6.07) is 6.47. The standard InChI is InChI=1S/C16H20ClNO4S/c1-2-18(12-9-10-23(21,22)11-12)16(20)8-7-15(19)13-5-3-4-6-14(13)17/h3-6,12H,2,7-11H2,1H3. The Labute approximate surface area is 141 Å². The van der Waals surface area contributed by atoms with Crippen molar-refractivity contribution in [2.45, 2.75) is 32.2 Å². The van der Waals surface area contributed by atoms with Gasteiger partial charge in [-0.2, -0.15) is 0 Å². The number of nitrogens with zero attached hydrogens (tertiary/aromatic N) is 1. The highest BCUT2D eigenvalue weighted by molar-refractivity contribution is 7.91. The lowest BCUT2D eigenvalue weighted by molar-refractivity contribution is -0.132. The Hall–Kier alpha value is -1.40. The molecule has 1 aliphatic heterocycles. The second-order valence-corrected chi connectivity index (χ2v) is 8.28. The van der Waals surface area contributed by atoms with Crippen LogP contribution in [0.15, 0.2) is 24.3 Å². The molecule has 1 fully saturated rings.